The number of halogens is 2. The average molecular weight is 1270 g/mol. The number of carbonyl (C=O) groups is 2. The van der Waals surface area contributed by atoms with Gasteiger partial charge in [0.2, 0.25) is 0 Å². The van der Waals surface area contributed by atoms with Crippen LogP contribution in [0, 0.1) is 56.7 Å². The van der Waals surface area contributed by atoms with Gasteiger partial charge >= 0.3 is 11.9 Å². The van der Waals surface area contributed by atoms with Crippen LogP contribution >= 0.6 is 14.5 Å². The molecule has 0 amide bonds. The zero-order valence-electron chi connectivity index (χ0n) is 49.8. The van der Waals surface area contributed by atoms with E-state index < -0.39 is 14.5 Å². The predicted octanol–water partition coefficient (Wildman–Crippen LogP) is 9.66. The molecule has 5 aliphatic carbocycles. The molecule has 0 aliphatic heterocycles. The monoisotopic (exact) mass is 1260 g/mol. The molecule has 0 N–H and O–H groups in total. The first kappa shape index (κ1) is 62.4. The van der Waals surface area contributed by atoms with E-state index in [-0.39, 0.29) is 79.1 Å². The van der Waals surface area contributed by atoms with Crippen LogP contribution in [0.1, 0.15) is 131 Å². The minimum Gasteiger partial charge on any atom is -1.00 e. The van der Waals surface area contributed by atoms with Crippen molar-refractivity contribution in [2.24, 2.45) is 56.7 Å². The molecule has 0 spiro atoms. The Bertz CT molecular complexity index is 2900. The Morgan fingerprint density at radius 1 is 0.488 bits per heavy atom. The summed E-state index contributed by atoms with van der Waals surface area (Å²) in [6.07, 6.45) is 15.6. The number of hydrogen-bond acceptors (Lipinski definition) is 4. The second-order valence-electron chi connectivity index (χ2n) is 26.8. The van der Waals surface area contributed by atoms with Gasteiger partial charge in [0.25, 0.3) is 0 Å². The normalized spacial score (nSPS) is 29.0. The third kappa shape index (κ3) is 11.0. The summed E-state index contributed by atoms with van der Waals surface area (Å²) in [5, 5.41) is 8.14. The molecule has 0 unspecified atom stereocenters. The second kappa shape index (κ2) is 25.4. The van der Waals surface area contributed by atoms with Crippen LogP contribution in [0.2, 0.25) is 0 Å². The summed E-state index contributed by atoms with van der Waals surface area (Å²) in [6, 6.07) is 66.1. The number of esters is 2. The van der Waals surface area contributed by atoms with Gasteiger partial charge in [-0.15, -0.1) is 0 Å². The molecule has 10 atom stereocenters. The molecule has 6 aromatic rings. The van der Waals surface area contributed by atoms with Gasteiger partial charge in [0, 0.05) is 23.7 Å². The van der Waals surface area contributed by atoms with Gasteiger partial charge in [-0.3, -0.25) is 9.59 Å². The molecule has 11 rings (SSSR count). The van der Waals surface area contributed by atoms with Crippen molar-refractivity contribution in [3.8, 4) is 0 Å². The van der Waals surface area contributed by atoms with Crippen LogP contribution in [-0.4, -0.2) is 37.0 Å². The van der Waals surface area contributed by atoms with E-state index in [1.807, 2.05) is 0 Å². The van der Waals surface area contributed by atoms with Crippen molar-refractivity contribution in [1.82, 2.24) is 0 Å². The largest absolute Gasteiger partial charge is 1.00 e. The van der Waals surface area contributed by atoms with Crippen LogP contribution in [0.15, 0.2) is 194 Å². The summed E-state index contributed by atoms with van der Waals surface area (Å²) in [7, 11) is -4.07. The second-order valence-corrected chi connectivity index (χ2v) is 34.1. The zero-order chi connectivity index (χ0) is 55.8. The van der Waals surface area contributed by atoms with E-state index in [0.29, 0.717) is 49.0 Å². The quantitative estimate of drug-likeness (QED) is 0.0489. The van der Waals surface area contributed by atoms with Crippen LogP contribution in [0.5, 0.6) is 0 Å². The third-order valence-electron chi connectivity index (χ3n) is 22.9. The van der Waals surface area contributed by atoms with Crippen molar-refractivity contribution < 1.29 is 53.0 Å². The lowest BCUT2D eigenvalue weighted by atomic mass is 9.32. The number of fused-ring (bicyclic) bond motifs is 7. The third-order valence-corrected chi connectivity index (χ3v) is 32.0. The van der Waals surface area contributed by atoms with Crippen LogP contribution in [0.25, 0.3) is 0 Å². The van der Waals surface area contributed by atoms with Gasteiger partial charge in [0.05, 0.1) is 18.9 Å². The van der Waals surface area contributed by atoms with Gasteiger partial charge in [0.15, 0.2) is 0 Å². The topological polar surface area (TPSA) is 52.6 Å². The highest BCUT2D eigenvalue weighted by Gasteiger charge is 2.71. The van der Waals surface area contributed by atoms with Crippen molar-refractivity contribution in [1.29, 1.82) is 0 Å². The molecular weight excluding hydrogens is 1170 g/mol. The number of benzene rings is 6. The average Bonchev–Trinajstić information content (AvgIpc) is 4.05. The number of allylic oxidation sites excluding steroid dienone is 1. The molecule has 434 valence electrons. The van der Waals surface area contributed by atoms with Gasteiger partial charge < -0.3 is 43.4 Å². The first-order valence-corrected chi connectivity index (χ1v) is 34.7. The maximum Gasteiger partial charge on any atom is 0.306 e. The molecule has 82 heavy (non-hydrogen) atoms. The SMILES string of the molecule is C=C(C)[C@@H]1CC[C@]2(COC(=O)CCC[P+](c3ccccc3)(c3ccccc3)c3ccccc3)CC[C@]3(C)[C@H](CC[C@@H]4[C@@]5(C)CC[C@H](OC(=O)CCC[P+](c6ccccc6)(c6ccccc6)c6ccccc6)C(C)(C)[C@@H]5CC[C@]43C)[C@@H]12.[Br-].[Br-]. The molecule has 0 radical (unpaired) electrons. The number of ether oxygens (including phenoxy) is 2. The maximum absolute atomic E-state index is 14.3. The van der Waals surface area contributed by atoms with Crippen LogP contribution in [0.4, 0.5) is 0 Å². The van der Waals surface area contributed by atoms with Gasteiger partial charge in [0.1, 0.15) is 52.5 Å². The number of rotatable bonds is 18. The lowest BCUT2D eigenvalue weighted by molar-refractivity contribution is -0.252. The summed E-state index contributed by atoms with van der Waals surface area (Å²) in [5.74, 6) is 2.48. The first-order valence-electron chi connectivity index (χ1n) is 30.7. The Hall–Kier alpha value is -4.18. The minimum absolute atomic E-state index is 0. The van der Waals surface area contributed by atoms with E-state index in [9.17, 15) is 9.59 Å². The van der Waals surface area contributed by atoms with E-state index >= 15 is 0 Å². The van der Waals surface area contributed by atoms with Crippen molar-refractivity contribution in [2.75, 3.05) is 18.9 Å². The van der Waals surface area contributed by atoms with E-state index in [4.69, 9.17) is 9.47 Å². The lowest BCUT2D eigenvalue weighted by Crippen LogP contribution is -3.00. The Morgan fingerprint density at radius 2 is 0.915 bits per heavy atom. The van der Waals surface area contributed by atoms with Crippen molar-refractivity contribution in [3.63, 3.8) is 0 Å². The summed E-state index contributed by atoms with van der Waals surface area (Å²) < 4.78 is 13.4. The fourth-order valence-electron chi connectivity index (χ4n) is 18.9. The minimum atomic E-state index is -2.04. The van der Waals surface area contributed by atoms with Gasteiger partial charge in [-0.2, -0.15) is 0 Å². The highest BCUT2D eigenvalue weighted by Crippen LogP contribution is 2.78. The summed E-state index contributed by atoms with van der Waals surface area (Å²) >= 11 is 0. The Labute approximate surface area is 515 Å². The molecule has 8 heteroatoms. The maximum atomic E-state index is 14.3. The van der Waals surface area contributed by atoms with Gasteiger partial charge in [-0.25, -0.2) is 0 Å². The Kier molecular flexibility index (Phi) is 19.3. The molecule has 5 aliphatic rings. The summed E-state index contributed by atoms with van der Waals surface area (Å²) in [6.45, 7) is 20.5. The zero-order valence-corrected chi connectivity index (χ0v) is 54.8. The molecular formula is C74H90Br2O4P2. The molecule has 0 saturated heterocycles. The van der Waals surface area contributed by atoms with Crippen LogP contribution in [-0.2, 0) is 19.1 Å². The van der Waals surface area contributed by atoms with E-state index in [1.165, 1.54) is 69.5 Å². The smallest absolute Gasteiger partial charge is 0.306 e. The van der Waals surface area contributed by atoms with Crippen molar-refractivity contribution in [3.05, 3.63) is 194 Å². The first-order chi connectivity index (χ1) is 38.6. The fraction of sp³-hybridized carbons (Fsp3) is 0.459. The molecule has 4 nitrogen and oxygen atoms in total. The molecule has 5 saturated carbocycles. The number of carbonyl (C=O) groups excluding carboxylic acids is 2. The standard InChI is InChI=1S/C74H90O4P2.2BrH/c1-55(2)62-44-49-74(54-77-67(75)40-26-52-79(56-28-14-8-15-29-56,57-30-16-9-17-31-57)58-32-18-10-19-33-58)51-50-72(6)63(69(62)74)42-43-65-71(5)47-46-66(70(3,4)64(71)45-48-73(65,72)7)78-68(76)41-27-53-80(59-34-20-11-21-35-59,60-36-22-12-23-37-60)61-38-24-13-25-39-61;;/h8-25,28-39,62-66,69H,1,26-27,40-54H2,2-7H3;2*1H/q+2;;/p-2/t62-,63+,64-,65+,66-,69+,71-,72+,73+,74+;;/m0../s1. The summed E-state index contributed by atoms with van der Waals surface area (Å²) in [5.41, 5.74) is 1.69. The summed E-state index contributed by atoms with van der Waals surface area (Å²) in [4.78, 5) is 28.5. The molecule has 0 bridgehead atoms. The van der Waals surface area contributed by atoms with E-state index in [1.54, 1.807) is 0 Å². The highest BCUT2D eigenvalue weighted by molar-refractivity contribution is 7.96. The molecule has 5 fully saturated rings. The highest BCUT2D eigenvalue weighted by atomic mass is 79.9. The number of hydrogen-bond donors (Lipinski definition) is 0. The molecule has 0 aromatic heterocycles. The van der Waals surface area contributed by atoms with E-state index in [2.05, 4.69) is 230 Å². The van der Waals surface area contributed by atoms with Gasteiger partial charge in [-0.05, 0) is 203 Å². The van der Waals surface area contributed by atoms with Crippen molar-refractivity contribution in [2.45, 2.75) is 138 Å². The molecule has 6 aromatic carbocycles. The predicted molar refractivity (Wildman–Crippen MR) is 338 cm³/mol. The van der Waals surface area contributed by atoms with E-state index in [0.717, 1.165) is 57.3 Å². The van der Waals surface area contributed by atoms with Gasteiger partial charge in [-0.1, -0.05) is 156 Å². The Morgan fingerprint density at radius 3 is 1.34 bits per heavy atom. The van der Waals surface area contributed by atoms with Crippen molar-refractivity contribution >= 4 is 58.3 Å². The lowest BCUT2D eigenvalue weighted by Gasteiger charge is -2.73. The van der Waals surface area contributed by atoms with Crippen LogP contribution < -0.4 is 65.8 Å². The fourth-order valence-corrected chi connectivity index (χ4v) is 27.6. The molecule has 0 heterocycles. The Balaban J connectivity index is 0.00000405. The van der Waals surface area contributed by atoms with Crippen LogP contribution in [0.3, 0.4) is 0 Å².